The number of rotatable bonds is 6. The molecule has 0 unspecified atom stereocenters. The first-order valence-corrected chi connectivity index (χ1v) is 6.92. The zero-order valence-corrected chi connectivity index (χ0v) is 11.7. The lowest BCUT2D eigenvalue weighted by atomic mass is 10.0. The number of phenols is 1. The van der Waals surface area contributed by atoms with Gasteiger partial charge in [0.25, 0.3) is 0 Å². The molecule has 0 fully saturated rings. The Morgan fingerprint density at radius 3 is 2.29 bits per heavy atom. The van der Waals surface area contributed by atoms with Crippen molar-refractivity contribution < 1.29 is 15.0 Å². The zero-order chi connectivity index (χ0) is 15.1. The number of benzene rings is 2. The standard InChI is InChI=1S/C18H18O3/c19-17-11-9-15(10-12-17)13-16(18(20)21)8-4-7-14-5-2-1-3-6-14/h1-3,5-6,9-13,19H,4,7-8H2,(H,20,21)/b16-13+. The van der Waals surface area contributed by atoms with Gasteiger partial charge in [-0.15, -0.1) is 0 Å². The Balaban J connectivity index is 1.99. The van der Waals surface area contributed by atoms with E-state index in [4.69, 9.17) is 0 Å². The molecule has 2 aromatic rings. The molecule has 0 radical (unpaired) electrons. The van der Waals surface area contributed by atoms with Crippen molar-refractivity contribution in [1.82, 2.24) is 0 Å². The highest BCUT2D eigenvalue weighted by Crippen LogP contribution is 2.16. The smallest absolute Gasteiger partial charge is 0.331 e. The van der Waals surface area contributed by atoms with Gasteiger partial charge < -0.3 is 10.2 Å². The van der Waals surface area contributed by atoms with Crippen molar-refractivity contribution in [2.45, 2.75) is 19.3 Å². The van der Waals surface area contributed by atoms with Crippen molar-refractivity contribution in [2.24, 2.45) is 0 Å². The van der Waals surface area contributed by atoms with Crippen LogP contribution in [0.15, 0.2) is 60.2 Å². The van der Waals surface area contributed by atoms with Crippen LogP contribution < -0.4 is 0 Å². The van der Waals surface area contributed by atoms with Crippen molar-refractivity contribution in [3.8, 4) is 5.75 Å². The van der Waals surface area contributed by atoms with E-state index < -0.39 is 5.97 Å². The van der Waals surface area contributed by atoms with Crippen LogP contribution in [-0.4, -0.2) is 16.2 Å². The van der Waals surface area contributed by atoms with Gasteiger partial charge in [-0.2, -0.15) is 0 Å². The Labute approximate surface area is 124 Å². The van der Waals surface area contributed by atoms with E-state index in [-0.39, 0.29) is 5.75 Å². The number of phenolic OH excluding ortho intramolecular Hbond substituents is 1. The predicted octanol–water partition coefficient (Wildman–Crippen LogP) is 3.88. The first-order valence-electron chi connectivity index (χ1n) is 6.92. The lowest BCUT2D eigenvalue weighted by Crippen LogP contribution is -2.01. The molecule has 0 saturated heterocycles. The number of aromatic hydroxyl groups is 1. The molecule has 0 aromatic heterocycles. The number of hydrogen-bond donors (Lipinski definition) is 2. The molecule has 21 heavy (non-hydrogen) atoms. The second-order valence-electron chi connectivity index (χ2n) is 4.91. The number of carboxylic acids is 1. The molecule has 0 heterocycles. The first-order chi connectivity index (χ1) is 10.1. The third-order valence-corrected chi connectivity index (χ3v) is 3.26. The number of carboxylic acid groups (broad SMARTS) is 1. The fourth-order valence-electron chi connectivity index (χ4n) is 2.14. The third kappa shape index (κ3) is 4.80. The van der Waals surface area contributed by atoms with E-state index in [1.807, 2.05) is 30.3 Å². The van der Waals surface area contributed by atoms with Crippen LogP contribution in [0.3, 0.4) is 0 Å². The third-order valence-electron chi connectivity index (χ3n) is 3.26. The second-order valence-corrected chi connectivity index (χ2v) is 4.91. The van der Waals surface area contributed by atoms with E-state index in [2.05, 4.69) is 0 Å². The molecule has 3 nitrogen and oxygen atoms in total. The predicted molar refractivity (Wildman–Crippen MR) is 83.1 cm³/mol. The molecule has 0 spiro atoms. The van der Waals surface area contributed by atoms with Crippen LogP contribution in [0.4, 0.5) is 0 Å². The molecule has 0 bridgehead atoms. The minimum absolute atomic E-state index is 0.174. The average molecular weight is 282 g/mol. The molecule has 0 saturated carbocycles. The summed E-state index contributed by atoms with van der Waals surface area (Å²) in [7, 11) is 0. The SMILES string of the molecule is O=C(O)/C(=C/c1ccc(O)cc1)CCCc1ccccc1. The minimum atomic E-state index is -0.892. The van der Waals surface area contributed by atoms with Gasteiger partial charge in [0.05, 0.1) is 0 Å². The van der Waals surface area contributed by atoms with Gasteiger partial charge in [0.15, 0.2) is 0 Å². The van der Waals surface area contributed by atoms with E-state index in [0.717, 1.165) is 18.4 Å². The van der Waals surface area contributed by atoms with Crippen molar-refractivity contribution in [3.05, 3.63) is 71.3 Å². The summed E-state index contributed by atoms with van der Waals surface area (Å²) in [6.45, 7) is 0. The largest absolute Gasteiger partial charge is 0.508 e. The Hall–Kier alpha value is -2.55. The zero-order valence-electron chi connectivity index (χ0n) is 11.7. The van der Waals surface area contributed by atoms with Gasteiger partial charge in [-0.25, -0.2) is 4.79 Å². The molecule has 0 aliphatic rings. The highest BCUT2D eigenvalue weighted by Gasteiger charge is 2.07. The average Bonchev–Trinajstić information content (AvgIpc) is 2.49. The van der Waals surface area contributed by atoms with E-state index in [9.17, 15) is 15.0 Å². The molecule has 0 atom stereocenters. The topological polar surface area (TPSA) is 57.5 Å². The van der Waals surface area contributed by atoms with Crippen molar-refractivity contribution in [3.63, 3.8) is 0 Å². The number of aliphatic carboxylic acids is 1. The summed E-state index contributed by atoms with van der Waals surface area (Å²) in [5.74, 6) is -0.718. The Morgan fingerprint density at radius 2 is 1.67 bits per heavy atom. The lowest BCUT2D eigenvalue weighted by molar-refractivity contribution is -0.132. The van der Waals surface area contributed by atoms with Crippen molar-refractivity contribution in [1.29, 1.82) is 0 Å². The second kappa shape index (κ2) is 7.29. The molecule has 0 aliphatic carbocycles. The highest BCUT2D eigenvalue weighted by atomic mass is 16.4. The maximum absolute atomic E-state index is 11.3. The Morgan fingerprint density at radius 1 is 1.00 bits per heavy atom. The molecule has 2 aromatic carbocycles. The van der Waals surface area contributed by atoms with E-state index in [1.165, 1.54) is 5.56 Å². The molecule has 108 valence electrons. The summed E-state index contributed by atoms with van der Waals surface area (Å²) in [5.41, 5.74) is 2.38. The fraction of sp³-hybridized carbons (Fsp3) is 0.167. The summed E-state index contributed by atoms with van der Waals surface area (Å²) in [6, 6.07) is 16.5. The summed E-state index contributed by atoms with van der Waals surface area (Å²) in [6.07, 6.45) is 3.83. The molecule has 2 N–H and O–H groups in total. The van der Waals surface area contributed by atoms with Crippen LogP contribution in [0, 0.1) is 0 Å². The van der Waals surface area contributed by atoms with Crippen molar-refractivity contribution >= 4 is 12.0 Å². The molecule has 3 heteroatoms. The van der Waals surface area contributed by atoms with Gasteiger partial charge in [0.1, 0.15) is 5.75 Å². The van der Waals surface area contributed by atoms with E-state index in [0.29, 0.717) is 12.0 Å². The molecule has 0 aliphatic heterocycles. The van der Waals surface area contributed by atoms with Crippen LogP contribution in [0.25, 0.3) is 6.08 Å². The molecular formula is C18H18O3. The Bertz CT molecular complexity index is 613. The maximum atomic E-state index is 11.3. The van der Waals surface area contributed by atoms with Gasteiger partial charge in [0, 0.05) is 5.57 Å². The fourth-order valence-corrected chi connectivity index (χ4v) is 2.14. The first kappa shape index (κ1) is 14.9. The monoisotopic (exact) mass is 282 g/mol. The van der Waals surface area contributed by atoms with Crippen LogP contribution in [0.1, 0.15) is 24.0 Å². The van der Waals surface area contributed by atoms with Gasteiger partial charge in [-0.3, -0.25) is 0 Å². The molecular weight excluding hydrogens is 264 g/mol. The van der Waals surface area contributed by atoms with Crippen LogP contribution in [0.5, 0.6) is 5.75 Å². The number of aryl methyl sites for hydroxylation is 1. The highest BCUT2D eigenvalue weighted by molar-refractivity contribution is 5.92. The van der Waals surface area contributed by atoms with Gasteiger partial charge >= 0.3 is 5.97 Å². The number of carbonyl (C=O) groups is 1. The summed E-state index contributed by atoms with van der Waals surface area (Å²) in [5, 5.41) is 18.5. The van der Waals surface area contributed by atoms with Crippen LogP contribution in [0.2, 0.25) is 0 Å². The quantitative estimate of drug-likeness (QED) is 0.790. The van der Waals surface area contributed by atoms with Gasteiger partial charge in [0.2, 0.25) is 0 Å². The summed E-state index contributed by atoms with van der Waals surface area (Å²) in [4.78, 5) is 11.3. The summed E-state index contributed by atoms with van der Waals surface area (Å²) >= 11 is 0. The summed E-state index contributed by atoms with van der Waals surface area (Å²) < 4.78 is 0. The van der Waals surface area contributed by atoms with Gasteiger partial charge in [-0.05, 0) is 48.6 Å². The molecule has 0 amide bonds. The van der Waals surface area contributed by atoms with Crippen LogP contribution in [-0.2, 0) is 11.2 Å². The number of hydrogen-bond acceptors (Lipinski definition) is 2. The maximum Gasteiger partial charge on any atom is 0.331 e. The van der Waals surface area contributed by atoms with Crippen LogP contribution >= 0.6 is 0 Å². The normalized spacial score (nSPS) is 11.3. The van der Waals surface area contributed by atoms with E-state index in [1.54, 1.807) is 30.3 Å². The Kier molecular flexibility index (Phi) is 5.16. The minimum Gasteiger partial charge on any atom is -0.508 e. The van der Waals surface area contributed by atoms with Crippen molar-refractivity contribution in [2.75, 3.05) is 0 Å². The van der Waals surface area contributed by atoms with Gasteiger partial charge in [-0.1, -0.05) is 42.5 Å². The lowest BCUT2D eigenvalue weighted by Gasteiger charge is -2.04. The molecule has 2 rings (SSSR count). The van der Waals surface area contributed by atoms with E-state index >= 15 is 0 Å².